The number of nitrogens with two attached hydrogens (primary N) is 1. The smallest absolute Gasteiger partial charge is 0.259 e. The number of nitrogens with one attached hydrogen (secondary N) is 2. The van der Waals surface area contributed by atoms with Gasteiger partial charge in [0.15, 0.2) is 11.5 Å². The SMILES string of the molecule is N[C@H]1CCCCCC=C[C@@H]2C[C@@]2(C(=O)NS(=O)(=O)C2CC2)NC(=O)[C@@H]2C[C@@H](Oc3nc4ccccc4nc3-c3cc4ccccc4o3)CN2C1=O. The second kappa shape index (κ2) is 13.1. The summed E-state index contributed by atoms with van der Waals surface area (Å²) in [7, 11) is -3.86. The fourth-order valence-electron chi connectivity index (χ4n) is 7.23. The van der Waals surface area contributed by atoms with Crippen molar-refractivity contribution in [2.75, 3.05) is 6.54 Å². The van der Waals surface area contributed by atoms with E-state index in [1.807, 2.05) is 66.7 Å². The number of allylic oxidation sites excluding steroid dienone is 1. The van der Waals surface area contributed by atoms with Gasteiger partial charge in [0, 0.05) is 17.7 Å². The Bertz CT molecular complexity index is 2130. The van der Waals surface area contributed by atoms with Crippen LogP contribution in [0.1, 0.15) is 57.8 Å². The lowest BCUT2D eigenvalue weighted by Crippen LogP contribution is -2.57. The molecule has 2 aromatic heterocycles. The summed E-state index contributed by atoms with van der Waals surface area (Å²) in [6.07, 6.45) is 8.17. The number of aromatic nitrogens is 2. The predicted molar refractivity (Wildman–Crippen MR) is 189 cm³/mol. The topological polar surface area (TPSA) is 187 Å². The molecule has 266 valence electrons. The van der Waals surface area contributed by atoms with Gasteiger partial charge >= 0.3 is 0 Å². The minimum Gasteiger partial charge on any atom is -0.471 e. The third-order valence-electron chi connectivity index (χ3n) is 10.4. The van der Waals surface area contributed by atoms with Crippen molar-refractivity contribution in [3.8, 4) is 17.3 Å². The van der Waals surface area contributed by atoms with Crippen LogP contribution in [-0.4, -0.2) is 76.5 Å². The van der Waals surface area contributed by atoms with Crippen LogP contribution in [0.25, 0.3) is 33.5 Å². The van der Waals surface area contributed by atoms with Gasteiger partial charge in [-0.15, -0.1) is 0 Å². The summed E-state index contributed by atoms with van der Waals surface area (Å²) in [6.45, 7) is 0.0390. The Morgan fingerprint density at radius 2 is 1.78 bits per heavy atom. The molecule has 51 heavy (non-hydrogen) atoms. The Balaban J connectivity index is 1.11. The van der Waals surface area contributed by atoms with Crippen LogP contribution in [0.4, 0.5) is 0 Å². The Morgan fingerprint density at radius 1 is 1.02 bits per heavy atom. The van der Waals surface area contributed by atoms with E-state index in [-0.39, 0.29) is 31.2 Å². The highest BCUT2D eigenvalue weighted by Gasteiger charge is 2.62. The number of para-hydroxylation sites is 3. The molecule has 1 saturated heterocycles. The van der Waals surface area contributed by atoms with Crippen molar-refractivity contribution in [2.24, 2.45) is 11.7 Å². The van der Waals surface area contributed by atoms with Crippen LogP contribution in [-0.2, 0) is 24.4 Å². The number of carbonyl (C=O) groups excluding carboxylic acids is 3. The molecule has 4 aromatic rings. The first-order valence-electron chi connectivity index (χ1n) is 17.6. The average Bonchev–Trinajstić information content (AvgIpc) is 4.01. The monoisotopic (exact) mass is 712 g/mol. The van der Waals surface area contributed by atoms with Crippen LogP contribution in [0.2, 0.25) is 0 Å². The molecule has 4 aliphatic rings. The standard InChI is InChI=1S/C37H40N6O7S/c38-26-12-5-3-1-2-4-11-23-20-37(23,36(46)42-51(47,48)25-16-17-25)41-33(44)29-19-24(21-43(29)35(26)45)49-34-32(39-27-13-7-8-14-28(27)40-34)31-18-22-10-6-9-15-30(22)50-31/h4,6-11,13-15,18,23-26,29H,1-3,5,12,16-17,19-21,38H2,(H,41,44)(H,42,46)/t23-,24-,26+,29+,37-/m1/s1. The molecule has 0 radical (unpaired) electrons. The molecule has 0 spiro atoms. The lowest BCUT2D eigenvalue weighted by molar-refractivity contribution is -0.140. The summed E-state index contributed by atoms with van der Waals surface area (Å²) < 4.78 is 40.4. The van der Waals surface area contributed by atoms with Crippen LogP contribution in [0.3, 0.4) is 0 Å². The minimum absolute atomic E-state index is 0.0390. The Hall–Kier alpha value is -4.82. The first-order chi connectivity index (χ1) is 24.6. The number of rotatable bonds is 6. The summed E-state index contributed by atoms with van der Waals surface area (Å²) in [4.78, 5) is 52.8. The molecule has 13 nitrogen and oxygen atoms in total. The van der Waals surface area contributed by atoms with Crippen molar-refractivity contribution in [3.05, 3.63) is 66.7 Å². The first-order valence-corrected chi connectivity index (χ1v) is 19.2. The molecule has 4 N–H and O–H groups in total. The molecule has 4 heterocycles. The predicted octanol–water partition coefficient (Wildman–Crippen LogP) is 3.72. The summed E-state index contributed by atoms with van der Waals surface area (Å²) in [5.74, 6) is -1.47. The number of sulfonamides is 1. The maximum absolute atomic E-state index is 14.2. The fraction of sp³-hybridized carbons (Fsp3) is 0.432. The highest BCUT2D eigenvalue weighted by atomic mass is 32.2. The van der Waals surface area contributed by atoms with Gasteiger partial charge in [-0.25, -0.2) is 18.4 Å². The van der Waals surface area contributed by atoms with Crippen LogP contribution < -0.4 is 20.5 Å². The molecule has 2 aliphatic heterocycles. The zero-order valence-corrected chi connectivity index (χ0v) is 28.8. The number of hydrogen-bond acceptors (Lipinski definition) is 10. The van der Waals surface area contributed by atoms with Gasteiger partial charge in [-0.05, 0) is 62.8 Å². The first kappa shape index (κ1) is 33.3. The molecule has 0 bridgehead atoms. The number of furan rings is 1. The molecule has 3 amide bonds. The van der Waals surface area contributed by atoms with E-state index in [1.165, 1.54) is 4.90 Å². The lowest BCUT2D eigenvalue weighted by atomic mass is 10.1. The van der Waals surface area contributed by atoms with Gasteiger partial charge in [0.25, 0.3) is 5.91 Å². The van der Waals surface area contributed by atoms with Gasteiger partial charge in [-0.1, -0.05) is 55.3 Å². The zero-order chi connectivity index (χ0) is 35.3. The van der Waals surface area contributed by atoms with E-state index in [1.54, 1.807) is 0 Å². The van der Waals surface area contributed by atoms with E-state index in [4.69, 9.17) is 24.9 Å². The molecule has 2 aromatic carbocycles. The van der Waals surface area contributed by atoms with E-state index >= 15 is 0 Å². The zero-order valence-electron chi connectivity index (χ0n) is 28.0. The lowest BCUT2D eigenvalue weighted by Gasteiger charge is -2.28. The number of carbonyl (C=O) groups is 3. The summed E-state index contributed by atoms with van der Waals surface area (Å²) in [5.41, 5.74) is 7.26. The molecular formula is C37H40N6O7S. The maximum atomic E-state index is 14.2. The molecule has 5 atom stereocenters. The fourth-order valence-corrected chi connectivity index (χ4v) is 8.59. The summed E-state index contributed by atoms with van der Waals surface area (Å²) in [5, 5.41) is 3.17. The van der Waals surface area contributed by atoms with Gasteiger partial charge in [-0.2, -0.15) is 0 Å². The van der Waals surface area contributed by atoms with Gasteiger partial charge in [0.1, 0.15) is 23.3 Å². The third kappa shape index (κ3) is 6.58. The normalized spacial score (nSPS) is 27.3. The number of amides is 3. The van der Waals surface area contributed by atoms with Crippen LogP contribution in [0.15, 0.2) is 71.2 Å². The Morgan fingerprint density at radius 3 is 2.57 bits per heavy atom. The molecule has 8 rings (SSSR count). The van der Waals surface area contributed by atoms with E-state index in [9.17, 15) is 22.8 Å². The molecule has 2 saturated carbocycles. The average molecular weight is 713 g/mol. The molecular weight excluding hydrogens is 673 g/mol. The third-order valence-corrected chi connectivity index (χ3v) is 12.2. The van der Waals surface area contributed by atoms with Gasteiger partial charge in [0.05, 0.1) is 28.9 Å². The van der Waals surface area contributed by atoms with Gasteiger partial charge in [-0.3, -0.25) is 19.1 Å². The van der Waals surface area contributed by atoms with Crippen LogP contribution >= 0.6 is 0 Å². The number of benzene rings is 2. The van der Waals surface area contributed by atoms with E-state index in [2.05, 4.69) is 10.0 Å². The second-order valence-electron chi connectivity index (χ2n) is 14.1. The number of hydrogen-bond donors (Lipinski definition) is 3. The highest BCUT2D eigenvalue weighted by molar-refractivity contribution is 7.91. The number of nitrogens with zero attached hydrogens (tertiary/aromatic N) is 3. The van der Waals surface area contributed by atoms with Crippen LogP contribution in [0, 0.1) is 5.92 Å². The molecule has 3 fully saturated rings. The van der Waals surface area contributed by atoms with Crippen molar-refractivity contribution in [1.29, 1.82) is 0 Å². The van der Waals surface area contributed by atoms with Crippen molar-refractivity contribution < 1.29 is 32.0 Å². The van der Waals surface area contributed by atoms with Gasteiger partial charge in [0.2, 0.25) is 27.7 Å². The van der Waals surface area contributed by atoms with E-state index < -0.39 is 56.7 Å². The Labute approximate surface area is 295 Å². The highest BCUT2D eigenvalue weighted by Crippen LogP contribution is 2.46. The number of ether oxygens (including phenoxy) is 1. The molecule has 2 aliphatic carbocycles. The summed E-state index contributed by atoms with van der Waals surface area (Å²) in [6, 6.07) is 15.0. The summed E-state index contributed by atoms with van der Waals surface area (Å²) >= 11 is 0. The van der Waals surface area contributed by atoms with Crippen molar-refractivity contribution in [1.82, 2.24) is 24.9 Å². The molecule has 0 unspecified atom stereocenters. The van der Waals surface area contributed by atoms with Crippen LogP contribution in [0.5, 0.6) is 5.88 Å². The second-order valence-corrected chi connectivity index (χ2v) is 16.1. The van der Waals surface area contributed by atoms with Gasteiger partial charge < -0.3 is 25.1 Å². The van der Waals surface area contributed by atoms with E-state index in [0.717, 1.165) is 31.1 Å². The van der Waals surface area contributed by atoms with Crippen molar-refractivity contribution in [3.63, 3.8) is 0 Å². The largest absolute Gasteiger partial charge is 0.471 e. The number of fused-ring (bicyclic) bond motifs is 4. The Kier molecular flexibility index (Phi) is 8.53. The maximum Gasteiger partial charge on any atom is 0.259 e. The van der Waals surface area contributed by atoms with E-state index in [0.29, 0.717) is 47.3 Å². The molecule has 14 heteroatoms. The van der Waals surface area contributed by atoms with Crippen molar-refractivity contribution >= 4 is 49.7 Å². The quantitative estimate of drug-likeness (QED) is 0.249. The van der Waals surface area contributed by atoms with Crippen molar-refractivity contribution in [2.45, 2.75) is 86.8 Å². The minimum atomic E-state index is -3.86.